The Morgan fingerprint density at radius 3 is 2.67 bits per heavy atom. The van der Waals surface area contributed by atoms with Crippen LogP contribution in [0, 0.1) is 0 Å². The lowest BCUT2D eigenvalue weighted by Gasteiger charge is -2.09. The average Bonchev–Trinajstić information content (AvgIpc) is 2.47. The Morgan fingerprint density at radius 2 is 1.90 bits per heavy atom. The van der Waals surface area contributed by atoms with E-state index < -0.39 is 0 Å². The number of aliphatic hydroxyl groups excluding tert-OH is 1. The molecule has 0 unspecified atom stereocenters. The van der Waals surface area contributed by atoms with Gasteiger partial charge in [-0.2, -0.15) is 0 Å². The van der Waals surface area contributed by atoms with Gasteiger partial charge in [-0.15, -0.1) is 0 Å². The van der Waals surface area contributed by atoms with Crippen LogP contribution in [0.15, 0.2) is 48.5 Å². The summed E-state index contributed by atoms with van der Waals surface area (Å²) in [5.41, 5.74) is 2.09. The van der Waals surface area contributed by atoms with Crippen molar-refractivity contribution in [2.45, 2.75) is 13.2 Å². The van der Waals surface area contributed by atoms with Gasteiger partial charge in [-0.3, -0.25) is 0 Å². The average molecular weight is 327 g/mol. The van der Waals surface area contributed by atoms with E-state index in [4.69, 9.17) is 21.4 Å². The molecule has 2 rings (SSSR count). The maximum atomic E-state index is 8.74. The molecule has 0 aliphatic carbocycles. The van der Waals surface area contributed by atoms with Crippen molar-refractivity contribution in [2.75, 3.05) is 13.2 Å². The topological polar surface area (TPSA) is 41.5 Å². The molecule has 0 spiro atoms. The van der Waals surface area contributed by atoms with E-state index in [1.807, 2.05) is 48.5 Å². The highest BCUT2D eigenvalue weighted by molar-refractivity contribution is 6.31. The molecule has 2 aromatic carbocycles. The lowest BCUT2D eigenvalue weighted by Crippen LogP contribution is -3.00. The van der Waals surface area contributed by atoms with Crippen molar-refractivity contribution in [1.82, 2.24) is 5.32 Å². The van der Waals surface area contributed by atoms with Crippen LogP contribution in [-0.4, -0.2) is 18.3 Å². The normalized spacial score (nSPS) is 10.0. The predicted octanol–water partition coefficient (Wildman–Crippen LogP) is 0.00490. The summed E-state index contributed by atoms with van der Waals surface area (Å²) in [4.78, 5) is 0. The molecule has 0 atom stereocenters. The van der Waals surface area contributed by atoms with Crippen LogP contribution in [0.5, 0.6) is 5.75 Å². The van der Waals surface area contributed by atoms with Crippen molar-refractivity contribution in [3.8, 4) is 5.75 Å². The van der Waals surface area contributed by atoms with Crippen molar-refractivity contribution in [3.05, 3.63) is 64.7 Å². The molecule has 2 N–H and O–H groups in total. The van der Waals surface area contributed by atoms with Crippen molar-refractivity contribution in [1.29, 1.82) is 0 Å². The monoisotopic (exact) mass is 326 g/mol. The first kappa shape index (κ1) is 17.8. The number of nitrogens with one attached hydrogen (secondary N) is 1. The fraction of sp³-hybridized carbons (Fsp3) is 0.250. The molecule has 0 saturated carbocycles. The molecule has 2 aromatic rings. The van der Waals surface area contributed by atoms with E-state index in [1.165, 1.54) is 0 Å². The Hall–Kier alpha value is -1.26. The second kappa shape index (κ2) is 9.64. The number of hydrogen-bond donors (Lipinski definition) is 2. The third kappa shape index (κ3) is 5.94. The minimum absolute atomic E-state index is 0. The van der Waals surface area contributed by atoms with Gasteiger partial charge < -0.3 is 27.6 Å². The van der Waals surface area contributed by atoms with Gasteiger partial charge in [0.05, 0.1) is 6.61 Å². The van der Waals surface area contributed by atoms with Gasteiger partial charge in [0, 0.05) is 23.7 Å². The fourth-order valence-corrected chi connectivity index (χ4v) is 2.02. The van der Waals surface area contributed by atoms with Crippen molar-refractivity contribution < 1.29 is 22.3 Å². The van der Waals surface area contributed by atoms with Crippen molar-refractivity contribution >= 4 is 11.6 Å². The summed E-state index contributed by atoms with van der Waals surface area (Å²) in [5, 5.41) is 12.6. The summed E-state index contributed by atoms with van der Waals surface area (Å²) in [6, 6.07) is 15.5. The Labute approximate surface area is 136 Å². The quantitative estimate of drug-likeness (QED) is 0.704. The Kier molecular flexibility index (Phi) is 8.16. The number of ether oxygens (including phenoxy) is 1. The van der Waals surface area contributed by atoms with Crippen LogP contribution >= 0.6 is 11.6 Å². The van der Waals surface area contributed by atoms with Crippen molar-refractivity contribution in [2.24, 2.45) is 0 Å². The van der Waals surface area contributed by atoms with Gasteiger partial charge in [-0.1, -0.05) is 41.9 Å². The van der Waals surface area contributed by atoms with Gasteiger partial charge in [-0.25, -0.2) is 0 Å². The highest BCUT2D eigenvalue weighted by Crippen LogP contribution is 2.19. The highest BCUT2D eigenvalue weighted by atomic mass is 35.5. The number of hydrogen-bond acceptors (Lipinski definition) is 3. The second-order valence-electron chi connectivity index (χ2n) is 4.43. The largest absolute Gasteiger partial charge is 1.00 e. The first-order valence-electron chi connectivity index (χ1n) is 6.56. The molecule has 0 amide bonds. The number of halogens is 2. The van der Waals surface area contributed by atoms with E-state index in [0.717, 1.165) is 16.9 Å². The molecular formula is C16H18Cl2NO2-. The summed E-state index contributed by atoms with van der Waals surface area (Å²) in [7, 11) is 0. The first-order valence-corrected chi connectivity index (χ1v) is 6.94. The lowest BCUT2D eigenvalue weighted by atomic mass is 10.2. The maximum absolute atomic E-state index is 8.74. The van der Waals surface area contributed by atoms with Crippen LogP contribution in [-0.2, 0) is 13.2 Å². The van der Waals surface area contributed by atoms with E-state index in [-0.39, 0.29) is 19.0 Å². The maximum Gasteiger partial charge on any atom is 0.120 e. The van der Waals surface area contributed by atoms with Gasteiger partial charge in [-0.05, 0) is 23.8 Å². The zero-order chi connectivity index (χ0) is 14.2. The molecule has 114 valence electrons. The van der Waals surface area contributed by atoms with Crippen molar-refractivity contribution in [3.63, 3.8) is 0 Å². The third-order valence-electron chi connectivity index (χ3n) is 2.87. The zero-order valence-corrected chi connectivity index (χ0v) is 13.1. The van der Waals surface area contributed by atoms with Gasteiger partial charge >= 0.3 is 0 Å². The number of aliphatic hydroxyl groups is 1. The van der Waals surface area contributed by atoms with Crippen LogP contribution < -0.4 is 22.5 Å². The molecule has 5 heteroatoms. The van der Waals surface area contributed by atoms with E-state index in [2.05, 4.69) is 5.32 Å². The third-order valence-corrected chi connectivity index (χ3v) is 3.24. The Bertz CT molecular complexity index is 549. The van der Waals surface area contributed by atoms with E-state index in [0.29, 0.717) is 24.7 Å². The van der Waals surface area contributed by atoms with Crippen LogP contribution in [0.25, 0.3) is 0 Å². The number of benzene rings is 2. The Balaban J connectivity index is 0.00000220. The first-order chi connectivity index (χ1) is 9.79. The molecule has 0 heterocycles. The summed E-state index contributed by atoms with van der Waals surface area (Å²) in [6.45, 7) is 1.89. The summed E-state index contributed by atoms with van der Waals surface area (Å²) in [5.74, 6) is 0.813. The van der Waals surface area contributed by atoms with E-state index in [1.54, 1.807) is 0 Å². The SMILES string of the molecule is OCCNCc1cccc(OCc2ccccc2Cl)c1.[Cl-]. The van der Waals surface area contributed by atoms with Gasteiger partial charge in [0.1, 0.15) is 12.4 Å². The molecule has 0 aliphatic rings. The summed E-state index contributed by atoms with van der Waals surface area (Å²) >= 11 is 6.09. The lowest BCUT2D eigenvalue weighted by molar-refractivity contribution is -0.00000544. The molecule has 0 aromatic heterocycles. The standard InChI is InChI=1S/C16H18ClNO2.ClH/c17-16-7-2-1-5-14(16)12-20-15-6-3-4-13(10-15)11-18-8-9-19;/h1-7,10,18-19H,8-9,11-12H2;1H/p-1. The van der Waals surface area contributed by atoms with Crippen LogP contribution in [0.4, 0.5) is 0 Å². The molecule has 21 heavy (non-hydrogen) atoms. The fourth-order valence-electron chi connectivity index (χ4n) is 1.83. The van der Waals surface area contributed by atoms with Gasteiger partial charge in [0.25, 0.3) is 0 Å². The molecule has 0 fully saturated rings. The van der Waals surface area contributed by atoms with Crippen LogP contribution in [0.1, 0.15) is 11.1 Å². The predicted molar refractivity (Wildman–Crippen MR) is 81.0 cm³/mol. The Morgan fingerprint density at radius 1 is 1.10 bits per heavy atom. The van der Waals surface area contributed by atoms with Crippen LogP contribution in [0.3, 0.4) is 0 Å². The molecule has 0 saturated heterocycles. The molecule has 0 radical (unpaired) electrons. The van der Waals surface area contributed by atoms with E-state index in [9.17, 15) is 0 Å². The van der Waals surface area contributed by atoms with Gasteiger partial charge in [0.2, 0.25) is 0 Å². The summed E-state index contributed by atoms with van der Waals surface area (Å²) in [6.07, 6.45) is 0. The van der Waals surface area contributed by atoms with E-state index >= 15 is 0 Å². The van der Waals surface area contributed by atoms with Gasteiger partial charge in [0.15, 0.2) is 0 Å². The minimum Gasteiger partial charge on any atom is -1.00 e. The summed E-state index contributed by atoms with van der Waals surface area (Å²) < 4.78 is 5.76. The smallest absolute Gasteiger partial charge is 0.120 e. The highest BCUT2D eigenvalue weighted by Gasteiger charge is 2.01. The zero-order valence-electron chi connectivity index (χ0n) is 11.6. The number of rotatable bonds is 7. The second-order valence-corrected chi connectivity index (χ2v) is 4.84. The molecule has 3 nitrogen and oxygen atoms in total. The molecular weight excluding hydrogens is 309 g/mol. The molecule has 0 bridgehead atoms. The molecule has 0 aliphatic heterocycles. The minimum atomic E-state index is 0. The van der Waals surface area contributed by atoms with Crippen LogP contribution in [0.2, 0.25) is 5.02 Å².